The monoisotopic (exact) mass is 249 g/mol. The molecule has 1 fully saturated rings. The van der Waals surface area contributed by atoms with Crippen LogP contribution in [0.25, 0.3) is 0 Å². The first-order valence-electron chi connectivity index (χ1n) is 5.69. The van der Waals surface area contributed by atoms with Gasteiger partial charge in [-0.05, 0) is 34.5 Å². The second-order valence-corrected chi connectivity index (χ2v) is 7.03. The Labute approximate surface area is 98.8 Å². The van der Waals surface area contributed by atoms with Crippen molar-refractivity contribution in [2.45, 2.75) is 24.6 Å². The third kappa shape index (κ3) is 2.94. The lowest BCUT2D eigenvalue weighted by molar-refractivity contribution is 0.302. The molecule has 16 heavy (non-hydrogen) atoms. The van der Waals surface area contributed by atoms with Gasteiger partial charge in [0.25, 0.3) is 0 Å². The van der Waals surface area contributed by atoms with Crippen LogP contribution in [0.15, 0.2) is 0 Å². The second-order valence-electron chi connectivity index (χ2n) is 4.68. The van der Waals surface area contributed by atoms with E-state index >= 15 is 0 Å². The molecular weight excluding hydrogens is 226 g/mol. The average Bonchev–Trinajstić information content (AvgIpc) is 2.67. The molecule has 1 aliphatic heterocycles. The van der Waals surface area contributed by atoms with Gasteiger partial charge in [-0.1, -0.05) is 0 Å². The van der Waals surface area contributed by atoms with Crippen LogP contribution in [-0.2, 0) is 10.0 Å². The van der Waals surface area contributed by atoms with Crippen LogP contribution >= 0.6 is 0 Å². The highest BCUT2D eigenvalue weighted by molar-refractivity contribution is 7.89. The van der Waals surface area contributed by atoms with E-state index in [9.17, 15) is 8.42 Å². The molecule has 1 rings (SSSR count). The van der Waals surface area contributed by atoms with Crippen LogP contribution in [0.3, 0.4) is 0 Å². The van der Waals surface area contributed by atoms with E-state index in [0.29, 0.717) is 25.7 Å². The molecule has 0 aliphatic carbocycles. The number of likely N-dealkylation sites (N-methyl/N-ethyl adjacent to an activating group) is 1. The minimum atomic E-state index is -3.12. The predicted octanol–water partition coefficient (Wildman–Crippen LogP) is -0.440. The zero-order valence-corrected chi connectivity index (χ0v) is 11.4. The molecule has 0 spiro atoms. The molecule has 6 heteroatoms. The van der Waals surface area contributed by atoms with Gasteiger partial charge in [0.05, 0.1) is 5.25 Å². The molecular formula is C10H23N3O2S. The van der Waals surface area contributed by atoms with Gasteiger partial charge in [-0.2, -0.15) is 0 Å². The largest absolute Gasteiger partial charge is 0.318 e. The molecule has 5 nitrogen and oxygen atoms in total. The summed E-state index contributed by atoms with van der Waals surface area (Å²) in [6.45, 7) is 3.54. The second kappa shape index (κ2) is 5.44. The van der Waals surface area contributed by atoms with E-state index in [1.807, 2.05) is 14.1 Å². The minimum absolute atomic E-state index is 0.349. The van der Waals surface area contributed by atoms with E-state index in [1.54, 1.807) is 18.3 Å². The van der Waals surface area contributed by atoms with Crippen LogP contribution in [0.2, 0.25) is 0 Å². The summed E-state index contributed by atoms with van der Waals surface area (Å²) in [6.07, 6.45) is 0.929. The standard InChI is InChI=1S/C10H23N3O2S/c1-9(7-11-2)16(14,15)13-6-5-10(8-13)12(3)4/h9-11H,5-8H2,1-4H3. The van der Waals surface area contributed by atoms with E-state index in [4.69, 9.17) is 0 Å². The Morgan fingerprint density at radius 3 is 2.56 bits per heavy atom. The van der Waals surface area contributed by atoms with Crippen molar-refractivity contribution in [3.63, 3.8) is 0 Å². The third-order valence-corrected chi connectivity index (χ3v) is 5.45. The SMILES string of the molecule is CNCC(C)S(=O)(=O)N1CCC(N(C)C)C1. The molecule has 96 valence electrons. The highest BCUT2D eigenvalue weighted by atomic mass is 32.2. The molecule has 0 saturated carbocycles. The van der Waals surface area contributed by atoms with E-state index in [0.717, 1.165) is 6.42 Å². The fraction of sp³-hybridized carbons (Fsp3) is 1.00. The molecule has 0 aromatic rings. The summed E-state index contributed by atoms with van der Waals surface area (Å²) in [4.78, 5) is 2.10. The zero-order chi connectivity index (χ0) is 12.3. The van der Waals surface area contributed by atoms with Crippen molar-refractivity contribution in [1.82, 2.24) is 14.5 Å². The first-order chi connectivity index (χ1) is 7.39. The zero-order valence-electron chi connectivity index (χ0n) is 10.6. The van der Waals surface area contributed by atoms with Gasteiger partial charge in [0.1, 0.15) is 0 Å². The summed E-state index contributed by atoms with van der Waals surface area (Å²) in [6, 6.07) is 0.358. The molecule has 0 radical (unpaired) electrons. The summed E-state index contributed by atoms with van der Waals surface area (Å²) in [5.74, 6) is 0. The highest BCUT2D eigenvalue weighted by Gasteiger charge is 2.35. The Morgan fingerprint density at radius 2 is 2.12 bits per heavy atom. The van der Waals surface area contributed by atoms with Crippen molar-refractivity contribution in [3.8, 4) is 0 Å². The summed E-state index contributed by atoms with van der Waals surface area (Å²) < 4.78 is 25.9. The van der Waals surface area contributed by atoms with Crippen LogP contribution < -0.4 is 5.32 Å². The Kier molecular flexibility index (Phi) is 4.73. The van der Waals surface area contributed by atoms with Gasteiger partial charge in [-0.15, -0.1) is 0 Å². The van der Waals surface area contributed by atoms with Crippen LogP contribution in [0, 0.1) is 0 Å². The van der Waals surface area contributed by atoms with Crippen molar-refractivity contribution in [3.05, 3.63) is 0 Å². The van der Waals surface area contributed by atoms with Crippen LogP contribution in [0.5, 0.6) is 0 Å². The van der Waals surface area contributed by atoms with E-state index in [-0.39, 0.29) is 5.25 Å². The van der Waals surface area contributed by atoms with Crippen LogP contribution in [-0.4, -0.2) is 69.7 Å². The smallest absolute Gasteiger partial charge is 0.218 e. The Bertz CT molecular complexity index is 316. The molecule has 1 aliphatic rings. The normalized spacial score (nSPS) is 25.2. The van der Waals surface area contributed by atoms with Gasteiger partial charge in [-0.3, -0.25) is 0 Å². The predicted molar refractivity (Wildman–Crippen MR) is 66.0 cm³/mol. The van der Waals surface area contributed by atoms with Crippen molar-refractivity contribution in [2.75, 3.05) is 40.8 Å². The maximum Gasteiger partial charge on any atom is 0.218 e. The average molecular weight is 249 g/mol. The number of nitrogens with one attached hydrogen (secondary N) is 1. The highest BCUT2D eigenvalue weighted by Crippen LogP contribution is 2.19. The molecule has 1 saturated heterocycles. The Morgan fingerprint density at radius 1 is 1.50 bits per heavy atom. The fourth-order valence-corrected chi connectivity index (χ4v) is 3.64. The molecule has 0 bridgehead atoms. The molecule has 2 unspecified atom stereocenters. The van der Waals surface area contributed by atoms with Crippen LogP contribution in [0.4, 0.5) is 0 Å². The molecule has 0 aromatic heterocycles. The van der Waals surface area contributed by atoms with Crippen molar-refractivity contribution in [2.24, 2.45) is 0 Å². The first-order valence-corrected chi connectivity index (χ1v) is 7.20. The summed E-state index contributed by atoms with van der Waals surface area (Å²) >= 11 is 0. The lowest BCUT2D eigenvalue weighted by Gasteiger charge is -2.23. The van der Waals surface area contributed by atoms with Crippen molar-refractivity contribution < 1.29 is 8.42 Å². The quantitative estimate of drug-likeness (QED) is 0.718. The van der Waals surface area contributed by atoms with Gasteiger partial charge in [-0.25, -0.2) is 12.7 Å². The topological polar surface area (TPSA) is 52.7 Å². The van der Waals surface area contributed by atoms with Gasteiger partial charge >= 0.3 is 0 Å². The summed E-state index contributed by atoms with van der Waals surface area (Å²) in [5, 5.41) is 2.57. The van der Waals surface area contributed by atoms with Gasteiger partial charge in [0.15, 0.2) is 0 Å². The van der Waals surface area contributed by atoms with Gasteiger partial charge < -0.3 is 10.2 Å². The first kappa shape index (κ1) is 13.9. The number of rotatable bonds is 5. The number of hydrogen-bond acceptors (Lipinski definition) is 4. The number of hydrogen-bond donors (Lipinski definition) is 1. The molecule has 1 N–H and O–H groups in total. The Hall–Kier alpha value is -0.170. The molecule has 1 heterocycles. The van der Waals surface area contributed by atoms with Crippen LogP contribution in [0.1, 0.15) is 13.3 Å². The number of nitrogens with zero attached hydrogens (tertiary/aromatic N) is 2. The molecule has 0 aromatic carbocycles. The van der Waals surface area contributed by atoms with Crippen molar-refractivity contribution in [1.29, 1.82) is 0 Å². The maximum absolute atomic E-state index is 12.2. The lowest BCUT2D eigenvalue weighted by atomic mass is 10.2. The van der Waals surface area contributed by atoms with Gasteiger partial charge in [0, 0.05) is 25.7 Å². The molecule has 0 amide bonds. The van der Waals surface area contributed by atoms with E-state index in [2.05, 4.69) is 10.2 Å². The summed E-state index contributed by atoms with van der Waals surface area (Å²) in [5.41, 5.74) is 0. The third-order valence-electron chi connectivity index (χ3n) is 3.22. The minimum Gasteiger partial charge on any atom is -0.318 e. The maximum atomic E-state index is 12.2. The van der Waals surface area contributed by atoms with Crippen molar-refractivity contribution >= 4 is 10.0 Å². The Balaban J connectivity index is 2.65. The fourth-order valence-electron chi connectivity index (χ4n) is 2.01. The van der Waals surface area contributed by atoms with E-state index < -0.39 is 10.0 Å². The number of sulfonamides is 1. The summed E-state index contributed by atoms with van der Waals surface area (Å²) in [7, 11) is 2.65. The van der Waals surface area contributed by atoms with Gasteiger partial charge in [0.2, 0.25) is 10.0 Å². The van der Waals surface area contributed by atoms with E-state index in [1.165, 1.54) is 0 Å². The lowest BCUT2D eigenvalue weighted by Crippen LogP contribution is -2.41. The molecule has 2 atom stereocenters.